The number of nitrogens with one attached hydrogen (secondary N) is 1. The molecule has 0 aromatic carbocycles. The highest BCUT2D eigenvalue weighted by atomic mass is 16.4. The number of nitrogens with zero attached hydrogens (tertiary/aromatic N) is 1. The summed E-state index contributed by atoms with van der Waals surface area (Å²) in [5, 5.41) is 12.3. The highest BCUT2D eigenvalue weighted by Gasteiger charge is 2.11. The van der Waals surface area contributed by atoms with Gasteiger partial charge in [-0.25, -0.2) is 4.79 Å². The molecule has 0 aliphatic rings. The SMILES string of the molecule is CCCCCCC(C)Nc1cnccc1C(=O)O. The van der Waals surface area contributed by atoms with Crippen molar-refractivity contribution in [1.29, 1.82) is 0 Å². The van der Waals surface area contributed by atoms with E-state index in [4.69, 9.17) is 5.11 Å². The molecule has 2 N–H and O–H groups in total. The number of anilines is 1. The van der Waals surface area contributed by atoms with Crippen molar-refractivity contribution in [3.63, 3.8) is 0 Å². The van der Waals surface area contributed by atoms with Crippen molar-refractivity contribution in [2.45, 2.75) is 52.0 Å². The molecule has 0 fully saturated rings. The molecule has 0 aliphatic carbocycles. The van der Waals surface area contributed by atoms with Gasteiger partial charge in [0.1, 0.15) is 0 Å². The molecule has 0 spiro atoms. The number of hydrogen-bond acceptors (Lipinski definition) is 3. The lowest BCUT2D eigenvalue weighted by molar-refractivity contribution is 0.0698. The number of rotatable bonds is 8. The van der Waals surface area contributed by atoms with E-state index in [9.17, 15) is 4.79 Å². The van der Waals surface area contributed by atoms with Gasteiger partial charge >= 0.3 is 5.97 Å². The van der Waals surface area contributed by atoms with E-state index in [2.05, 4.69) is 24.1 Å². The lowest BCUT2D eigenvalue weighted by Crippen LogP contribution is -2.17. The summed E-state index contributed by atoms with van der Waals surface area (Å²) >= 11 is 0. The number of unbranched alkanes of at least 4 members (excludes halogenated alkanes) is 3. The average molecular weight is 250 g/mol. The summed E-state index contributed by atoms with van der Waals surface area (Å²) in [7, 11) is 0. The Labute approximate surface area is 108 Å². The zero-order chi connectivity index (χ0) is 13.4. The second-order valence-corrected chi connectivity index (χ2v) is 4.62. The van der Waals surface area contributed by atoms with Crippen LogP contribution in [-0.4, -0.2) is 22.1 Å². The van der Waals surface area contributed by atoms with E-state index in [1.807, 2.05) is 0 Å². The first-order chi connectivity index (χ1) is 8.65. The van der Waals surface area contributed by atoms with Crippen molar-refractivity contribution in [2.24, 2.45) is 0 Å². The molecule has 4 heteroatoms. The van der Waals surface area contributed by atoms with Gasteiger partial charge in [-0.2, -0.15) is 0 Å². The van der Waals surface area contributed by atoms with Gasteiger partial charge in [0, 0.05) is 12.2 Å². The molecule has 1 aromatic heterocycles. The number of hydrogen-bond donors (Lipinski definition) is 2. The van der Waals surface area contributed by atoms with E-state index in [0.29, 0.717) is 5.69 Å². The Morgan fingerprint density at radius 3 is 2.89 bits per heavy atom. The Balaban J connectivity index is 2.48. The number of carboxylic acids is 1. The van der Waals surface area contributed by atoms with Gasteiger partial charge in [0.25, 0.3) is 0 Å². The third-order valence-corrected chi connectivity index (χ3v) is 2.94. The molecule has 4 nitrogen and oxygen atoms in total. The third-order valence-electron chi connectivity index (χ3n) is 2.94. The molecule has 0 saturated carbocycles. The maximum absolute atomic E-state index is 11.0. The average Bonchev–Trinajstić information content (AvgIpc) is 2.35. The Morgan fingerprint density at radius 2 is 2.22 bits per heavy atom. The summed E-state index contributed by atoms with van der Waals surface area (Å²) in [6.07, 6.45) is 9.03. The molecule has 0 radical (unpaired) electrons. The summed E-state index contributed by atoms with van der Waals surface area (Å²) in [6, 6.07) is 1.79. The van der Waals surface area contributed by atoms with Gasteiger partial charge in [0.05, 0.1) is 17.4 Å². The number of carbonyl (C=O) groups is 1. The molecule has 1 atom stereocenters. The fourth-order valence-electron chi connectivity index (χ4n) is 1.91. The van der Waals surface area contributed by atoms with Crippen LogP contribution in [0.1, 0.15) is 56.3 Å². The number of carboxylic acid groups (broad SMARTS) is 1. The fourth-order valence-corrected chi connectivity index (χ4v) is 1.91. The van der Waals surface area contributed by atoms with E-state index >= 15 is 0 Å². The van der Waals surface area contributed by atoms with E-state index in [1.54, 1.807) is 6.20 Å². The first-order valence-corrected chi connectivity index (χ1v) is 6.59. The van der Waals surface area contributed by atoms with Gasteiger partial charge in [-0.15, -0.1) is 0 Å². The Kier molecular flexibility index (Phi) is 6.19. The molecule has 0 bridgehead atoms. The van der Waals surface area contributed by atoms with Gasteiger partial charge in [-0.05, 0) is 19.4 Å². The molecule has 1 rings (SSSR count). The number of aromatic carboxylic acids is 1. The lowest BCUT2D eigenvalue weighted by Gasteiger charge is -2.16. The summed E-state index contributed by atoms with van der Waals surface area (Å²) in [4.78, 5) is 15.0. The van der Waals surface area contributed by atoms with Gasteiger partial charge in [-0.1, -0.05) is 32.6 Å². The van der Waals surface area contributed by atoms with Crippen LogP contribution in [0.4, 0.5) is 5.69 Å². The smallest absolute Gasteiger partial charge is 0.337 e. The summed E-state index contributed by atoms with van der Waals surface area (Å²) < 4.78 is 0. The molecule has 1 unspecified atom stereocenters. The summed E-state index contributed by atoms with van der Waals surface area (Å²) in [5.41, 5.74) is 0.887. The minimum atomic E-state index is -0.918. The third kappa shape index (κ3) is 4.73. The molecule has 0 aliphatic heterocycles. The monoisotopic (exact) mass is 250 g/mol. The molecule has 1 heterocycles. The van der Waals surface area contributed by atoms with Crippen LogP contribution in [0.15, 0.2) is 18.5 Å². The van der Waals surface area contributed by atoms with Crippen LogP contribution in [0.25, 0.3) is 0 Å². The minimum absolute atomic E-state index is 0.268. The fraction of sp³-hybridized carbons (Fsp3) is 0.571. The van der Waals surface area contributed by atoms with Gasteiger partial charge in [0.15, 0.2) is 0 Å². The molecular formula is C14H22N2O2. The maximum Gasteiger partial charge on any atom is 0.337 e. The van der Waals surface area contributed by atoms with Crippen molar-refractivity contribution in [3.05, 3.63) is 24.0 Å². The highest BCUT2D eigenvalue weighted by molar-refractivity contribution is 5.93. The topological polar surface area (TPSA) is 62.2 Å². The normalized spacial score (nSPS) is 12.1. The Bertz CT molecular complexity index is 380. The van der Waals surface area contributed by atoms with E-state index in [-0.39, 0.29) is 11.6 Å². The predicted octanol–water partition coefficient (Wildman–Crippen LogP) is 3.55. The number of aromatic nitrogens is 1. The molecule has 100 valence electrons. The van der Waals surface area contributed by atoms with Gasteiger partial charge in [0.2, 0.25) is 0 Å². The zero-order valence-electron chi connectivity index (χ0n) is 11.1. The van der Waals surface area contributed by atoms with Crippen molar-refractivity contribution in [1.82, 2.24) is 4.98 Å². The minimum Gasteiger partial charge on any atom is -0.478 e. The summed E-state index contributed by atoms with van der Waals surface area (Å²) in [5.74, 6) is -0.918. The van der Waals surface area contributed by atoms with E-state index < -0.39 is 5.97 Å². The van der Waals surface area contributed by atoms with Crippen LogP contribution in [-0.2, 0) is 0 Å². The van der Waals surface area contributed by atoms with Crippen molar-refractivity contribution < 1.29 is 9.90 Å². The zero-order valence-corrected chi connectivity index (χ0v) is 11.1. The highest BCUT2D eigenvalue weighted by Crippen LogP contribution is 2.16. The van der Waals surface area contributed by atoms with Crippen LogP contribution >= 0.6 is 0 Å². The second kappa shape index (κ2) is 7.69. The molecular weight excluding hydrogens is 228 g/mol. The van der Waals surface area contributed by atoms with E-state index in [0.717, 1.165) is 6.42 Å². The standard InChI is InChI=1S/C14H22N2O2/c1-3-4-5-6-7-11(2)16-13-10-15-9-8-12(13)14(17)18/h8-11,16H,3-7H2,1-2H3,(H,17,18). The van der Waals surface area contributed by atoms with Gasteiger partial charge in [-0.3, -0.25) is 4.98 Å². The molecule has 1 aromatic rings. The van der Waals surface area contributed by atoms with E-state index in [1.165, 1.54) is 37.9 Å². The van der Waals surface area contributed by atoms with Crippen molar-refractivity contribution in [2.75, 3.05) is 5.32 Å². The lowest BCUT2D eigenvalue weighted by atomic mass is 10.1. The van der Waals surface area contributed by atoms with Crippen molar-refractivity contribution in [3.8, 4) is 0 Å². The number of pyridine rings is 1. The Hall–Kier alpha value is -1.58. The molecule has 18 heavy (non-hydrogen) atoms. The van der Waals surface area contributed by atoms with Crippen LogP contribution in [0.3, 0.4) is 0 Å². The molecule has 0 saturated heterocycles. The van der Waals surface area contributed by atoms with Gasteiger partial charge < -0.3 is 10.4 Å². The first-order valence-electron chi connectivity index (χ1n) is 6.59. The predicted molar refractivity (Wildman–Crippen MR) is 73.0 cm³/mol. The Morgan fingerprint density at radius 1 is 1.44 bits per heavy atom. The van der Waals surface area contributed by atoms with Crippen LogP contribution in [0.2, 0.25) is 0 Å². The van der Waals surface area contributed by atoms with Crippen LogP contribution < -0.4 is 5.32 Å². The largest absolute Gasteiger partial charge is 0.478 e. The quantitative estimate of drug-likeness (QED) is 0.693. The summed E-state index contributed by atoms with van der Waals surface area (Å²) in [6.45, 7) is 4.26. The van der Waals surface area contributed by atoms with Crippen molar-refractivity contribution >= 4 is 11.7 Å². The maximum atomic E-state index is 11.0. The molecule has 0 amide bonds. The van der Waals surface area contributed by atoms with Crippen LogP contribution in [0.5, 0.6) is 0 Å². The first kappa shape index (κ1) is 14.5. The van der Waals surface area contributed by atoms with Crippen LogP contribution in [0, 0.1) is 0 Å². The second-order valence-electron chi connectivity index (χ2n) is 4.62.